The van der Waals surface area contributed by atoms with Gasteiger partial charge in [-0.2, -0.15) is 0 Å². The molecule has 0 radical (unpaired) electrons. The zero-order valence-electron chi connectivity index (χ0n) is 12.6. The molecule has 1 N–H and O–H groups in total. The number of carbonyl (C=O) groups is 2. The predicted molar refractivity (Wildman–Crippen MR) is 81.6 cm³/mol. The third kappa shape index (κ3) is 5.68. The summed E-state index contributed by atoms with van der Waals surface area (Å²) in [4.78, 5) is 23.2. The van der Waals surface area contributed by atoms with Gasteiger partial charge in [-0.15, -0.1) is 0 Å². The van der Waals surface area contributed by atoms with Crippen molar-refractivity contribution in [2.24, 2.45) is 0 Å². The van der Waals surface area contributed by atoms with Gasteiger partial charge in [0.25, 0.3) is 5.91 Å². The van der Waals surface area contributed by atoms with Gasteiger partial charge in [0, 0.05) is 5.56 Å². The van der Waals surface area contributed by atoms with E-state index >= 15 is 0 Å². The van der Waals surface area contributed by atoms with Gasteiger partial charge in [0.15, 0.2) is 0 Å². The van der Waals surface area contributed by atoms with Crippen LogP contribution in [0.25, 0.3) is 0 Å². The van der Waals surface area contributed by atoms with Gasteiger partial charge in [0.05, 0.1) is 0 Å². The molecule has 2 aromatic carbocycles. The van der Waals surface area contributed by atoms with Crippen molar-refractivity contribution < 1.29 is 27.8 Å². The Morgan fingerprint density at radius 2 is 1.71 bits per heavy atom. The highest BCUT2D eigenvalue weighted by Crippen LogP contribution is 2.10. The van der Waals surface area contributed by atoms with E-state index in [1.807, 2.05) is 0 Å². The first-order valence-electron chi connectivity index (χ1n) is 7.12. The molecule has 2 rings (SSSR count). The van der Waals surface area contributed by atoms with Crippen molar-refractivity contribution in [2.75, 3.05) is 19.8 Å². The van der Waals surface area contributed by atoms with Crippen molar-refractivity contribution in [3.8, 4) is 5.75 Å². The van der Waals surface area contributed by atoms with E-state index in [1.165, 1.54) is 42.5 Å². The largest absolute Gasteiger partial charge is 0.490 e. The highest BCUT2D eigenvalue weighted by molar-refractivity contribution is 5.95. The fourth-order valence-electron chi connectivity index (χ4n) is 1.78. The van der Waals surface area contributed by atoms with Crippen LogP contribution < -0.4 is 10.1 Å². The van der Waals surface area contributed by atoms with Crippen LogP contribution in [0.15, 0.2) is 48.5 Å². The van der Waals surface area contributed by atoms with Crippen molar-refractivity contribution in [2.45, 2.75) is 0 Å². The van der Waals surface area contributed by atoms with E-state index in [0.29, 0.717) is 5.75 Å². The third-order valence-electron chi connectivity index (χ3n) is 2.91. The molecule has 0 bridgehead atoms. The van der Waals surface area contributed by atoms with Gasteiger partial charge in [-0.3, -0.25) is 9.59 Å². The summed E-state index contributed by atoms with van der Waals surface area (Å²) in [5, 5.41) is 2.33. The van der Waals surface area contributed by atoms with Crippen LogP contribution in [0, 0.1) is 11.6 Å². The van der Waals surface area contributed by atoms with Gasteiger partial charge in [0.2, 0.25) is 0 Å². The minimum absolute atomic E-state index is 0.0218. The van der Waals surface area contributed by atoms with E-state index in [0.717, 1.165) is 6.07 Å². The number of benzene rings is 2. The molecule has 0 aliphatic heterocycles. The second-order valence-corrected chi connectivity index (χ2v) is 4.72. The highest BCUT2D eigenvalue weighted by Gasteiger charge is 2.09. The predicted octanol–water partition coefficient (Wildman–Crippen LogP) is 2.32. The maximum Gasteiger partial charge on any atom is 0.325 e. The molecule has 0 saturated carbocycles. The van der Waals surface area contributed by atoms with Crippen molar-refractivity contribution in [3.05, 3.63) is 65.7 Å². The molecule has 2 aromatic rings. The van der Waals surface area contributed by atoms with Crippen molar-refractivity contribution in [3.63, 3.8) is 0 Å². The molecule has 7 heteroatoms. The van der Waals surface area contributed by atoms with Crippen LogP contribution in [0.2, 0.25) is 0 Å². The molecule has 0 atom stereocenters. The Bertz CT molecular complexity index is 704. The van der Waals surface area contributed by atoms with E-state index in [1.54, 1.807) is 0 Å². The van der Waals surface area contributed by atoms with Crippen LogP contribution in [0.3, 0.4) is 0 Å². The summed E-state index contributed by atoms with van der Waals surface area (Å²) >= 11 is 0. The van der Waals surface area contributed by atoms with Crippen LogP contribution in [0.4, 0.5) is 8.78 Å². The summed E-state index contributed by atoms with van der Waals surface area (Å²) in [7, 11) is 0. The Balaban J connectivity index is 1.64. The third-order valence-corrected chi connectivity index (χ3v) is 2.91. The number of halogens is 2. The average Bonchev–Trinajstić information content (AvgIpc) is 2.58. The smallest absolute Gasteiger partial charge is 0.325 e. The minimum atomic E-state index is -0.651. The zero-order valence-corrected chi connectivity index (χ0v) is 12.6. The second kappa shape index (κ2) is 8.61. The van der Waals surface area contributed by atoms with Gasteiger partial charge in [-0.05, 0) is 42.5 Å². The maximum atomic E-state index is 13.0. The van der Waals surface area contributed by atoms with E-state index < -0.39 is 17.7 Å². The molecular formula is C17H15F2NO4. The number of hydrogen-bond donors (Lipinski definition) is 1. The first-order valence-corrected chi connectivity index (χ1v) is 7.12. The Kier molecular flexibility index (Phi) is 6.24. The Hall–Kier alpha value is -2.96. The summed E-state index contributed by atoms with van der Waals surface area (Å²) in [5.41, 5.74) is 0.113. The number of carbonyl (C=O) groups excluding carboxylic acids is 2. The van der Waals surface area contributed by atoms with E-state index in [9.17, 15) is 18.4 Å². The number of esters is 1. The van der Waals surface area contributed by atoms with Crippen molar-refractivity contribution >= 4 is 11.9 Å². The Morgan fingerprint density at radius 3 is 2.42 bits per heavy atom. The van der Waals surface area contributed by atoms with Crippen LogP contribution in [-0.2, 0) is 9.53 Å². The molecular weight excluding hydrogens is 320 g/mol. The molecule has 0 aromatic heterocycles. The second-order valence-electron chi connectivity index (χ2n) is 4.72. The number of rotatable bonds is 7. The zero-order chi connectivity index (χ0) is 17.4. The standard InChI is InChI=1S/C17H15F2NO4/c18-13-4-6-15(7-5-13)23-8-9-24-16(21)11-20-17(22)12-2-1-3-14(19)10-12/h1-7,10H,8-9,11H2,(H,20,22). The summed E-state index contributed by atoms with van der Waals surface area (Å²) in [6.45, 7) is -0.271. The Labute approximate surface area is 137 Å². The lowest BCUT2D eigenvalue weighted by Crippen LogP contribution is -2.31. The molecule has 5 nitrogen and oxygen atoms in total. The summed E-state index contributed by atoms with van der Waals surface area (Å²) < 4.78 is 35.8. The van der Waals surface area contributed by atoms with Gasteiger partial charge in [-0.1, -0.05) is 6.07 Å². The topological polar surface area (TPSA) is 64.6 Å². The number of ether oxygens (including phenoxy) is 2. The van der Waals surface area contributed by atoms with E-state index in [-0.39, 0.29) is 31.1 Å². The molecule has 0 fully saturated rings. The minimum Gasteiger partial charge on any atom is -0.490 e. The first kappa shape index (κ1) is 17.4. The van der Waals surface area contributed by atoms with Crippen LogP contribution in [0.1, 0.15) is 10.4 Å². The van der Waals surface area contributed by atoms with Gasteiger partial charge in [0.1, 0.15) is 37.1 Å². The lowest BCUT2D eigenvalue weighted by Gasteiger charge is -2.08. The summed E-state index contributed by atoms with van der Waals surface area (Å²) in [6.07, 6.45) is 0. The summed E-state index contributed by atoms with van der Waals surface area (Å²) in [5.74, 6) is -1.69. The monoisotopic (exact) mass is 335 g/mol. The van der Waals surface area contributed by atoms with Crippen LogP contribution in [0.5, 0.6) is 5.75 Å². The van der Waals surface area contributed by atoms with Crippen LogP contribution in [-0.4, -0.2) is 31.6 Å². The molecule has 0 aliphatic carbocycles. The Morgan fingerprint density at radius 1 is 0.958 bits per heavy atom. The number of amides is 1. The fourth-order valence-corrected chi connectivity index (χ4v) is 1.78. The average molecular weight is 335 g/mol. The highest BCUT2D eigenvalue weighted by atomic mass is 19.1. The molecule has 0 unspecified atom stereocenters. The van der Waals surface area contributed by atoms with Gasteiger partial charge in [-0.25, -0.2) is 8.78 Å². The normalized spacial score (nSPS) is 10.1. The molecule has 1 amide bonds. The molecule has 0 aliphatic rings. The summed E-state index contributed by atoms with van der Waals surface area (Å²) in [6, 6.07) is 10.5. The quantitative estimate of drug-likeness (QED) is 0.623. The maximum absolute atomic E-state index is 13.0. The lowest BCUT2D eigenvalue weighted by molar-refractivity contribution is -0.143. The number of nitrogens with one attached hydrogen (secondary N) is 1. The van der Waals surface area contributed by atoms with Crippen LogP contribution >= 0.6 is 0 Å². The van der Waals surface area contributed by atoms with Crippen molar-refractivity contribution in [1.29, 1.82) is 0 Å². The first-order chi connectivity index (χ1) is 11.5. The van der Waals surface area contributed by atoms with Crippen molar-refractivity contribution in [1.82, 2.24) is 5.32 Å². The molecule has 0 saturated heterocycles. The molecule has 24 heavy (non-hydrogen) atoms. The molecule has 0 spiro atoms. The van der Waals surface area contributed by atoms with E-state index in [2.05, 4.69) is 5.32 Å². The molecule has 126 valence electrons. The van der Waals surface area contributed by atoms with Gasteiger partial charge < -0.3 is 14.8 Å². The fraction of sp³-hybridized carbons (Fsp3) is 0.176. The van der Waals surface area contributed by atoms with E-state index in [4.69, 9.17) is 9.47 Å². The SMILES string of the molecule is O=C(CNC(=O)c1cccc(F)c1)OCCOc1ccc(F)cc1. The van der Waals surface area contributed by atoms with Gasteiger partial charge >= 0.3 is 5.97 Å². The lowest BCUT2D eigenvalue weighted by atomic mass is 10.2. The molecule has 0 heterocycles. The number of hydrogen-bond acceptors (Lipinski definition) is 4.